The highest BCUT2D eigenvalue weighted by atomic mass is 16.7. The predicted octanol–water partition coefficient (Wildman–Crippen LogP) is 2.99. The molecular formula is C20H22BNO5. The summed E-state index contributed by atoms with van der Waals surface area (Å²) in [5.41, 5.74) is 2.43. The van der Waals surface area contributed by atoms with E-state index in [0.29, 0.717) is 43.5 Å². The number of ether oxygens (including phenoxy) is 3. The summed E-state index contributed by atoms with van der Waals surface area (Å²) in [5.74, 6) is 1.33. The monoisotopic (exact) mass is 367 g/mol. The van der Waals surface area contributed by atoms with Crippen molar-refractivity contribution in [3.63, 3.8) is 0 Å². The van der Waals surface area contributed by atoms with Crippen LogP contribution in [0.1, 0.15) is 25.0 Å². The van der Waals surface area contributed by atoms with Gasteiger partial charge in [0.2, 0.25) is 0 Å². The molecule has 0 radical (unpaired) electrons. The van der Waals surface area contributed by atoms with Crippen molar-refractivity contribution in [1.29, 1.82) is 5.26 Å². The van der Waals surface area contributed by atoms with Crippen LogP contribution in [-0.2, 0) is 25.4 Å². The van der Waals surface area contributed by atoms with Crippen LogP contribution in [0.2, 0.25) is 0 Å². The van der Waals surface area contributed by atoms with Crippen LogP contribution in [0.25, 0.3) is 0 Å². The van der Waals surface area contributed by atoms with Gasteiger partial charge in [0.1, 0.15) is 11.5 Å². The minimum Gasteiger partial charge on any atom is -0.457 e. The number of benzene rings is 2. The van der Waals surface area contributed by atoms with Gasteiger partial charge in [0.15, 0.2) is 6.29 Å². The molecular weight excluding hydrogens is 345 g/mol. The number of rotatable bonds is 8. The first-order valence-electron chi connectivity index (χ1n) is 8.97. The Balaban J connectivity index is 1.78. The van der Waals surface area contributed by atoms with Crippen molar-refractivity contribution in [2.24, 2.45) is 0 Å². The second kappa shape index (κ2) is 9.54. The molecule has 0 bridgehead atoms. The fourth-order valence-electron chi connectivity index (χ4n) is 2.76. The van der Waals surface area contributed by atoms with Crippen LogP contribution in [0, 0.1) is 11.3 Å². The Morgan fingerprint density at radius 3 is 2.44 bits per heavy atom. The van der Waals surface area contributed by atoms with Gasteiger partial charge in [-0.25, -0.2) is 0 Å². The van der Waals surface area contributed by atoms with Gasteiger partial charge in [0, 0.05) is 6.61 Å². The summed E-state index contributed by atoms with van der Waals surface area (Å²) in [6.07, 6.45) is -0.309. The molecule has 0 N–H and O–H groups in total. The van der Waals surface area contributed by atoms with Crippen molar-refractivity contribution in [3.8, 4) is 17.6 Å². The van der Waals surface area contributed by atoms with Crippen LogP contribution in [0.3, 0.4) is 0 Å². The molecule has 0 amide bonds. The summed E-state index contributed by atoms with van der Waals surface area (Å²) in [6.45, 7) is 5.88. The smallest absolute Gasteiger partial charge is 0.457 e. The third-order valence-corrected chi connectivity index (χ3v) is 4.08. The molecule has 1 fully saturated rings. The van der Waals surface area contributed by atoms with Crippen molar-refractivity contribution < 1.29 is 23.5 Å². The highest BCUT2D eigenvalue weighted by Crippen LogP contribution is 2.23. The lowest BCUT2D eigenvalue weighted by Crippen LogP contribution is -2.35. The fourth-order valence-corrected chi connectivity index (χ4v) is 2.76. The van der Waals surface area contributed by atoms with E-state index in [1.54, 1.807) is 24.3 Å². The predicted molar refractivity (Wildman–Crippen MR) is 101 cm³/mol. The zero-order chi connectivity index (χ0) is 19.1. The van der Waals surface area contributed by atoms with Gasteiger partial charge in [-0.05, 0) is 61.3 Å². The van der Waals surface area contributed by atoms with Gasteiger partial charge in [-0.15, -0.1) is 0 Å². The second-order valence-electron chi connectivity index (χ2n) is 6.01. The molecule has 1 atom stereocenters. The lowest BCUT2D eigenvalue weighted by Gasteiger charge is -2.17. The summed E-state index contributed by atoms with van der Waals surface area (Å²) in [7, 11) is -0.394. The molecule has 27 heavy (non-hydrogen) atoms. The third kappa shape index (κ3) is 5.31. The van der Waals surface area contributed by atoms with Gasteiger partial charge in [0.25, 0.3) is 0 Å². The first-order valence-corrected chi connectivity index (χ1v) is 8.97. The van der Waals surface area contributed by atoms with E-state index in [9.17, 15) is 0 Å². The van der Waals surface area contributed by atoms with E-state index < -0.39 is 7.12 Å². The molecule has 2 aromatic rings. The maximum absolute atomic E-state index is 8.89. The first-order chi connectivity index (χ1) is 13.2. The molecule has 0 aliphatic carbocycles. The number of nitrogens with zero attached hydrogens (tertiary/aromatic N) is 1. The molecule has 6 nitrogen and oxygen atoms in total. The van der Waals surface area contributed by atoms with Crippen LogP contribution < -0.4 is 10.2 Å². The summed E-state index contributed by atoms with van der Waals surface area (Å²) in [4.78, 5) is 0. The second-order valence-corrected chi connectivity index (χ2v) is 6.01. The van der Waals surface area contributed by atoms with Crippen molar-refractivity contribution in [1.82, 2.24) is 0 Å². The summed E-state index contributed by atoms with van der Waals surface area (Å²) < 4.78 is 28.4. The van der Waals surface area contributed by atoms with E-state index in [-0.39, 0.29) is 6.29 Å². The highest BCUT2D eigenvalue weighted by Gasteiger charge is 2.29. The van der Waals surface area contributed by atoms with Crippen LogP contribution in [0.15, 0.2) is 42.5 Å². The average Bonchev–Trinajstić information content (AvgIpc) is 3.22. The summed E-state index contributed by atoms with van der Waals surface area (Å²) in [5, 5.41) is 8.89. The molecule has 2 aromatic carbocycles. The minimum absolute atomic E-state index is 0.309. The SMILES string of the molecule is CCOC(C)OCc1cc(Oc2ccc(C#N)cc2)ccc1B1OCCO1. The molecule has 0 aromatic heterocycles. The lowest BCUT2D eigenvalue weighted by molar-refractivity contribution is -0.134. The molecule has 3 rings (SSSR count). The van der Waals surface area contributed by atoms with E-state index >= 15 is 0 Å². The zero-order valence-corrected chi connectivity index (χ0v) is 15.5. The average molecular weight is 367 g/mol. The van der Waals surface area contributed by atoms with Gasteiger partial charge in [-0.2, -0.15) is 5.26 Å². The van der Waals surface area contributed by atoms with Gasteiger partial charge >= 0.3 is 7.12 Å². The van der Waals surface area contributed by atoms with E-state index in [1.165, 1.54) is 0 Å². The molecule has 1 unspecified atom stereocenters. The van der Waals surface area contributed by atoms with Crippen LogP contribution in [-0.4, -0.2) is 33.2 Å². The quantitative estimate of drug-likeness (QED) is 0.528. The summed E-state index contributed by atoms with van der Waals surface area (Å²) >= 11 is 0. The Morgan fingerprint density at radius 2 is 1.78 bits per heavy atom. The Kier molecular flexibility index (Phi) is 6.85. The normalized spacial score (nSPS) is 14.8. The van der Waals surface area contributed by atoms with Gasteiger partial charge in [-0.1, -0.05) is 6.07 Å². The molecule has 7 heteroatoms. The maximum Gasteiger partial charge on any atom is 0.494 e. The number of hydrogen-bond acceptors (Lipinski definition) is 6. The lowest BCUT2D eigenvalue weighted by atomic mass is 9.76. The topological polar surface area (TPSA) is 69.9 Å². The summed E-state index contributed by atoms with van der Waals surface area (Å²) in [6, 6.07) is 14.8. The first kappa shape index (κ1) is 19.4. The Bertz CT molecular complexity index is 784. The standard InChI is InChI=1S/C20H22BNO5/c1-3-23-15(2)24-14-17-12-19(8-9-20(17)21-25-10-11-26-21)27-18-6-4-16(13-22)5-7-18/h4-9,12,15H,3,10-11,14H2,1-2H3. The van der Waals surface area contributed by atoms with Crippen molar-refractivity contribution in [2.75, 3.05) is 19.8 Å². The molecule has 1 heterocycles. The van der Waals surface area contributed by atoms with Crippen molar-refractivity contribution >= 4 is 12.6 Å². The molecule has 1 saturated heterocycles. The van der Waals surface area contributed by atoms with Crippen LogP contribution in [0.4, 0.5) is 0 Å². The van der Waals surface area contributed by atoms with Crippen molar-refractivity contribution in [3.05, 3.63) is 53.6 Å². The minimum atomic E-state index is -0.394. The highest BCUT2D eigenvalue weighted by molar-refractivity contribution is 6.62. The molecule has 140 valence electrons. The Morgan fingerprint density at radius 1 is 1.07 bits per heavy atom. The molecule has 1 aliphatic rings. The zero-order valence-electron chi connectivity index (χ0n) is 15.5. The van der Waals surface area contributed by atoms with Crippen LogP contribution >= 0.6 is 0 Å². The Labute approximate surface area is 159 Å². The van der Waals surface area contributed by atoms with Crippen molar-refractivity contribution in [2.45, 2.75) is 26.7 Å². The molecule has 0 spiro atoms. The number of hydrogen-bond donors (Lipinski definition) is 0. The fraction of sp³-hybridized carbons (Fsp3) is 0.350. The van der Waals surface area contributed by atoms with Gasteiger partial charge in [-0.3, -0.25) is 0 Å². The van der Waals surface area contributed by atoms with Gasteiger partial charge in [0.05, 0.1) is 31.5 Å². The van der Waals surface area contributed by atoms with Crippen LogP contribution in [0.5, 0.6) is 11.5 Å². The van der Waals surface area contributed by atoms with E-state index in [1.807, 2.05) is 32.0 Å². The molecule has 1 aliphatic heterocycles. The third-order valence-electron chi connectivity index (χ3n) is 4.08. The van der Waals surface area contributed by atoms with E-state index in [0.717, 1.165) is 11.0 Å². The molecule has 0 saturated carbocycles. The van der Waals surface area contributed by atoms with E-state index in [2.05, 4.69) is 6.07 Å². The van der Waals surface area contributed by atoms with Gasteiger partial charge < -0.3 is 23.5 Å². The van der Waals surface area contributed by atoms with E-state index in [4.69, 9.17) is 28.8 Å². The number of nitriles is 1. The Hall–Kier alpha value is -2.37. The maximum atomic E-state index is 8.89. The largest absolute Gasteiger partial charge is 0.494 e.